The van der Waals surface area contributed by atoms with Crippen LogP contribution in [0.3, 0.4) is 0 Å². The second-order valence-corrected chi connectivity index (χ2v) is 9.96. The van der Waals surface area contributed by atoms with E-state index in [9.17, 15) is 0 Å². The van der Waals surface area contributed by atoms with E-state index in [0.717, 1.165) is 101 Å². The van der Waals surface area contributed by atoms with Gasteiger partial charge in [0.25, 0.3) is 0 Å². The lowest BCUT2D eigenvalue weighted by Gasteiger charge is -2.34. The Morgan fingerprint density at radius 2 is 0.600 bits per heavy atom. The van der Waals surface area contributed by atoms with Crippen molar-refractivity contribution in [2.45, 2.75) is 26.2 Å². The summed E-state index contributed by atoms with van der Waals surface area (Å²) in [6.07, 6.45) is 6.88. The molecule has 4 aromatic rings. The molecule has 0 aliphatic carbocycles. The van der Waals surface area contributed by atoms with E-state index in [1.165, 1.54) is 0 Å². The first-order valence-electron chi connectivity index (χ1n) is 13.8. The fourth-order valence-corrected chi connectivity index (χ4v) is 4.80. The summed E-state index contributed by atoms with van der Waals surface area (Å²) in [4.78, 5) is 9.87. The number of nitrogens with zero attached hydrogens (tertiary/aromatic N) is 12. The number of rotatable bonds is 8. The van der Waals surface area contributed by atoms with Gasteiger partial charge in [0.05, 0.1) is 22.8 Å². The van der Waals surface area contributed by atoms with E-state index in [0.29, 0.717) is 0 Å². The first-order chi connectivity index (χ1) is 19.8. The first kappa shape index (κ1) is 27.7. The molecular formula is C28H36N12. The van der Waals surface area contributed by atoms with Gasteiger partial charge in [0.1, 0.15) is 0 Å². The third-order valence-electron chi connectivity index (χ3n) is 6.98. The van der Waals surface area contributed by atoms with E-state index in [1.807, 2.05) is 48.5 Å². The molecule has 0 bridgehead atoms. The lowest BCUT2D eigenvalue weighted by molar-refractivity contribution is 0.119. The molecule has 1 aliphatic heterocycles. The lowest BCUT2D eigenvalue weighted by atomic mass is 10.2. The monoisotopic (exact) mass is 540 g/mol. The highest BCUT2D eigenvalue weighted by molar-refractivity contribution is 5.02. The second kappa shape index (κ2) is 15.1. The largest absolute Gasteiger partial charge is 0.295 e. The zero-order valence-corrected chi connectivity index (χ0v) is 22.8. The molecule has 208 valence electrons. The predicted octanol–water partition coefficient (Wildman–Crippen LogP) is 1.17. The van der Waals surface area contributed by atoms with Crippen LogP contribution >= 0.6 is 0 Å². The van der Waals surface area contributed by atoms with Crippen molar-refractivity contribution in [1.82, 2.24) is 60.4 Å². The number of hydrogen-bond donors (Lipinski definition) is 0. The van der Waals surface area contributed by atoms with Crippen molar-refractivity contribution in [3.63, 3.8) is 0 Å². The topological polar surface area (TPSA) is 116 Å². The summed E-state index contributed by atoms with van der Waals surface area (Å²) in [6.45, 7) is 10.2. The summed E-state index contributed by atoms with van der Waals surface area (Å²) < 4.78 is 0. The Morgan fingerprint density at radius 3 is 0.775 bits per heavy atom. The summed E-state index contributed by atoms with van der Waals surface area (Å²) in [7, 11) is 0. The second-order valence-electron chi connectivity index (χ2n) is 9.96. The molecule has 0 aromatic carbocycles. The molecular weight excluding hydrogens is 504 g/mol. The molecule has 12 heteroatoms. The highest BCUT2D eigenvalue weighted by atomic mass is 15.3. The number of hydrogen-bond acceptors (Lipinski definition) is 12. The minimum atomic E-state index is 0.755. The maximum absolute atomic E-state index is 4.35. The Kier molecular flexibility index (Phi) is 10.4. The van der Waals surface area contributed by atoms with Crippen molar-refractivity contribution in [3.8, 4) is 0 Å². The SMILES string of the molecule is c1cnnc(CN2CCN(Cc3cccnn3)CCN(Cc3cccnn3)CCN(Cc3cccnn3)CC2)c1. The van der Waals surface area contributed by atoms with Gasteiger partial charge in [-0.3, -0.25) is 19.6 Å². The Balaban J connectivity index is 1.34. The minimum absolute atomic E-state index is 0.755. The Hall–Kier alpha value is -3.84. The van der Waals surface area contributed by atoms with Crippen LogP contribution in [-0.4, -0.2) is 113 Å². The van der Waals surface area contributed by atoms with Crippen LogP contribution in [0.4, 0.5) is 0 Å². The molecule has 0 spiro atoms. The Labute approximate surface area is 235 Å². The maximum Gasteiger partial charge on any atom is 0.0771 e. The van der Waals surface area contributed by atoms with Gasteiger partial charge in [0, 0.05) is 103 Å². The molecule has 5 heterocycles. The van der Waals surface area contributed by atoms with Crippen LogP contribution in [0.25, 0.3) is 0 Å². The number of aromatic nitrogens is 8. The molecule has 1 aliphatic rings. The highest BCUT2D eigenvalue weighted by Crippen LogP contribution is 2.10. The smallest absolute Gasteiger partial charge is 0.0771 e. The van der Waals surface area contributed by atoms with Gasteiger partial charge in [0.2, 0.25) is 0 Å². The van der Waals surface area contributed by atoms with Crippen molar-refractivity contribution in [2.24, 2.45) is 0 Å². The van der Waals surface area contributed by atoms with Gasteiger partial charge in [-0.05, 0) is 48.5 Å². The molecule has 0 amide bonds. The van der Waals surface area contributed by atoms with Crippen LogP contribution in [0.1, 0.15) is 22.8 Å². The lowest BCUT2D eigenvalue weighted by Crippen LogP contribution is -2.45. The van der Waals surface area contributed by atoms with Crippen LogP contribution in [-0.2, 0) is 26.2 Å². The van der Waals surface area contributed by atoms with Gasteiger partial charge in [0.15, 0.2) is 0 Å². The molecule has 12 nitrogen and oxygen atoms in total. The zero-order chi connectivity index (χ0) is 27.2. The van der Waals surface area contributed by atoms with Gasteiger partial charge < -0.3 is 0 Å². The molecule has 5 rings (SSSR count). The minimum Gasteiger partial charge on any atom is -0.295 e. The van der Waals surface area contributed by atoms with E-state index in [2.05, 4.69) is 60.4 Å². The summed E-state index contributed by atoms with van der Waals surface area (Å²) in [5.74, 6) is 0. The summed E-state index contributed by atoms with van der Waals surface area (Å²) in [5, 5.41) is 33.8. The Morgan fingerprint density at radius 1 is 0.375 bits per heavy atom. The fraction of sp³-hybridized carbons (Fsp3) is 0.429. The van der Waals surface area contributed by atoms with E-state index >= 15 is 0 Å². The average molecular weight is 541 g/mol. The van der Waals surface area contributed by atoms with Crippen molar-refractivity contribution in [2.75, 3.05) is 52.4 Å². The molecule has 4 aromatic heterocycles. The van der Waals surface area contributed by atoms with Crippen LogP contribution in [0.5, 0.6) is 0 Å². The van der Waals surface area contributed by atoms with Crippen LogP contribution in [0, 0.1) is 0 Å². The van der Waals surface area contributed by atoms with Gasteiger partial charge >= 0.3 is 0 Å². The molecule has 0 saturated carbocycles. The van der Waals surface area contributed by atoms with E-state index in [1.54, 1.807) is 24.8 Å². The van der Waals surface area contributed by atoms with Crippen molar-refractivity contribution in [3.05, 3.63) is 96.1 Å². The molecule has 0 unspecified atom stereocenters. The van der Waals surface area contributed by atoms with Crippen molar-refractivity contribution >= 4 is 0 Å². The molecule has 1 fully saturated rings. The predicted molar refractivity (Wildman–Crippen MR) is 149 cm³/mol. The van der Waals surface area contributed by atoms with Crippen molar-refractivity contribution in [1.29, 1.82) is 0 Å². The van der Waals surface area contributed by atoms with E-state index in [-0.39, 0.29) is 0 Å². The van der Waals surface area contributed by atoms with E-state index < -0.39 is 0 Å². The molecule has 40 heavy (non-hydrogen) atoms. The summed E-state index contributed by atoms with van der Waals surface area (Å²) in [6, 6.07) is 16.0. The van der Waals surface area contributed by atoms with Gasteiger partial charge in [-0.15, -0.1) is 0 Å². The quantitative estimate of drug-likeness (QED) is 0.319. The van der Waals surface area contributed by atoms with E-state index in [4.69, 9.17) is 0 Å². The van der Waals surface area contributed by atoms with Gasteiger partial charge in [-0.2, -0.15) is 40.8 Å². The summed E-state index contributed by atoms with van der Waals surface area (Å²) >= 11 is 0. The van der Waals surface area contributed by atoms with Gasteiger partial charge in [-0.1, -0.05) is 0 Å². The average Bonchev–Trinajstić information content (AvgIpc) is 3.00. The van der Waals surface area contributed by atoms with Crippen molar-refractivity contribution < 1.29 is 0 Å². The molecule has 1 saturated heterocycles. The maximum atomic E-state index is 4.35. The molecule has 0 atom stereocenters. The van der Waals surface area contributed by atoms with Crippen LogP contribution in [0.2, 0.25) is 0 Å². The first-order valence-corrected chi connectivity index (χ1v) is 13.8. The fourth-order valence-electron chi connectivity index (χ4n) is 4.80. The Bertz CT molecular complexity index is 1020. The molecule has 0 radical (unpaired) electrons. The van der Waals surface area contributed by atoms with Crippen LogP contribution in [0.15, 0.2) is 73.3 Å². The normalized spacial score (nSPS) is 17.2. The molecule has 0 N–H and O–H groups in total. The van der Waals surface area contributed by atoms with Crippen LogP contribution < -0.4 is 0 Å². The third-order valence-corrected chi connectivity index (χ3v) is 6.98. The third kappa shape index (κ3) is 9.12. The van der Waals surface area contributed by atoms with Gasteiger partial charge in [-0.25, -0.2) is 0 Å². The zero-order valence-electron chi connectivity index (χ0n) is 22.8. The summed E-state index contributed by atoms with van der Waals surface area (Å²) in [5.41, 5.74) is 3.91. The highest BCUT2D eigenvalue weighted by Gasteiger charge is 2.19. The standard InChI is InChI=1S/C28H36N12/c1-5-25(33-29-9-1)21-37-13-15-38(22-26-6-2-10-30-34-26)17-19-40(24-28-8-4-12-32-36-28)20-18-39(16-14-37)23-27-7-3-11-31-35-27/h1-12H,13-24H2.